The number of sulfone groups is 1. The van der Waals surface area contributed by atoms with E-state index >= 15 is 0 Å². The summed E-state index contributed by atoms with van der Waals surface area (Å²) < 4.78 is 27.0. The van der Waals surface area contributed by atoms with Crippen LogP contribution in [0.3, 0.4) is 0 Å². The van der Waals surface area contributed by atoms with Gasteiger partial charge in [0.2, 0.25) is 21.7 Å². The van der Waals surface area contributed by atoms with Crippen LogP contribution in [0.15, 0.2) is 58.3 Å². The molecule has 4 rings (SSSR count). The smallest absolute Gasteiger partial charge is 0.239 e. The molecular formula is C20H18N4O4S5. The highest BCUT2D eigenvalue weighted by Gasteiger charge is 2.27. The Kier molecular flexibility index (Phi) is 7.24. The van der Waals surface area contributed by atoms with Gasteiger partial charge in [-0.05, 0) is 48.5 Å². The molecule has 0 aromatic heterocycles. The predicted octanol–water partition coefficient (Wildman–Crippen LogP) is 2.98. The van der Waals surface area contributed by atoms with Gasteiger partial charge < -0.3 is 10.6 Å². The van der Waals surface area contributed by atoms with Crippen molar-refractivity contribution in [2.75, 3.05) is 35.5 Å². The Morgan fingerprint density at radius 2 is 1.09 bits per heavy atom. The number of carbonyl (C=O) groups excluding carboxylic acids is 2. The Hall–Kier alpha value is -2.19. The minimum Gasteiger partial charge on any atom is -0.367 e. The maximum atomic E-state index is 13.0. The molecule has 2 N–H and O–H groups in total. The summed E-state index contributed by atoms with van der Waals surface area (Å²) in [5.74, 6) is 0.579. The van der Waals surface area contributed by atoms with Crippen molar-refractivity contribution < 1.29 is 18.0 Å². The highest BCUT2D eigenvalue weighted by atomic mass is 32.2. The molecule has 0 spiro atoms. The van der Waals surface area contributed by atoms with Crippen molar-refractivity contribution in [1.82, 2.24) is 9.80 Å². The molecular weight excluding hydrogens is 521 g/mol. The van der Waals surface area contributed by atoms with Gasteiger partial charge in [0.25, 0.3) is 0 Å². The molecule has 0 saturated carbocycles. The molecule has 2 amide bonds. The van der Waals surface area contributed by atoms with Gasteiger partial charge in [-0.2, -0.15) is 0 Å². The van der Waals surface area contributed by atoms with E-state index in [1.807, 2.05) is 0 Å². The normalized spacial score (nSPS) is 16.6. The van der Waals surface area contributed by atoms with Crippen LogP contribution in [-0.4, -0.2) is 63.5 Å². The van der Waals surface area contributed by atoms with Crippen molar-refractivity contribution in [2.24, 2.45) is 0 Å². The van der Waals surface area contributed by atoms with Gasteiger partial charge in [-0.1, -0.05) is 48.0 Å². The zero-order valence-electron chi connectivity index (χ0n) is 17.0. The van der Waals surface area contributed by atoms with Gasteiger partial charge in [-0.15, -0.1) is 0 Å². The van der Waals surface area contributed by atoms with Crippen LogP contribution < -0.4 is 10.6 Å². The first-order valence-electron chi connectivity index (χ1n) is 9.63. The standard InChI is InChI=1S/C20H18N4O4S5/c25-17-9-31-19(29)23(17)11-21-13-1-5-15(6-2-13)33(27,28)16-7-3-14(4-8-16)22-12-24-18(26)10-32-20(24)30/h1-8,21-22H,9-12H2. The van der Waals surface area contributed by atoms with E-state index in [9.17, 15) is 18.0 Å². The highest BCUT2D eigenvalue weighted by Crippen LogP contribution is 2.25. The number of rotatable bonds is 8. The molecule has 33 heavy (non-hydrogen) atoms. The molecule has 8 nitrogen and oxygen atoms in total. The van der Waals surface area contributed by atoms with Gasteiger partial charge in [0.05, 0.1) is 34.6 Å². The molecule has 2 aromatic rings. The minimum absolute atomic E-state index is 0.0525. The van der Waals surface area contributed by atoms with Gasteiger partial charge >= 0.3 is 0 Å². The van der Waals surface area contributed by atoms with Gasteiger partial charge in [0, 0.05) is 11.4 Å². The van der Waals surface area contributed by atoms with E-state index < -0.39 is 9.84 Å². The van der Waals surface area contributed by atoms with Crippen LogP contribution in [0.5, 0.6) is 0 Å². The lowest BCUT2D eigenvalue weighted by molar-refractivity contribution is -0.124. The van der Waals surface area contributed by atoms with Gasteiger partial charge in [0.1, 0.15) is 8.64 Å². The van der Waals surface area contributed by atoms with Crippen LogP contribution in [0.1, 0.15) is 0 Å². The zero-order valence-corrected chi connectivity index (χ0v) is 21.1. The molecule has 0 aliphatic carbocycles. The van der Waals surface area contributed by atoms with E-state index in [1.54, 1.807) is 24.3 Å². The molecule has 0 radical (unpaired) electrons. The summed E-state index contributed by atoms with van der Waals surface area (Å²) in [6.45, 7) is 0.468. The molecule has 2 aromatic carbocycles. The van der Waals surface area contributed by atoms with Gasteiger partial charge in [-0.3, -0.25) is 19.4 Å². The first kappa shape index (κ1) is 24.0. The van der Waals surface area contributed by atoms with E-state index in [1.165, 1.54) is 57.6 Å². The maximum absolute atomic E-state index is 13.0. The van der Waals surface area contributed by atoms with Crippen LogP contribution >= 0.6 is 48.0 Å². The maximum Gasteiger partial charge on any atom is 0.239 e. The van der Waals surface area contributed by atoms with Crippen LogP contribution in [-0.2, 0) is 19.4 Å². The van der Waals surface area contributed by atoms with Gasteiger partial charge in [-0.25, -0.2) is 8.42 Å². The molecule has 13 heteroatoms. The highest BCUT2D eigenvalue weighted by molar-refractivity contribution is 8.24. The number of amides is 2. The average Bonchev–Trinajstić information content (AvgIpc) is 3.31. The van der Waals surface area contributed by atoms with Crippen LogP contribution in [0, 0.1) is 0 Å². The summed E-state index contributed by atoms with van der Waals surface area (Å²) in [5.41, 5.74) is 1.35. The first-order valence-corrected chi connectivity index (χ1v) is 13.9. The van der Waals surface area contributed by atoms with E-state index in [0.717, 1.165) is 0 Å². The summed E-state index contributed by atoms with van der Waals surface area (Å²) in [6, 6.07) is 12.6. The molecule has 2 heterocycles. The van der Waals surface area contributed by atoms with Crippen molar-refractivity contribution in [2.45, 2.75) is 9.79 Å². The van der Waals surface area contributed by atoms with Crippen LogP contribution in [0.4, 0.5) is 11.4 Å². The van der Waals surface area contributed by atoms with Crippen molar-refractivity contribution in [3.05, 3.63) is 48.5 Å². The monoisotopic (exact) mass is 538 g/mol. The Balaban J connectivity index is 1.38. The Labute approximate surface area is 210 Å². The average molecular weight is 539 g/mol. The Morgan fingerprint density at radius 1 is 0.727 bits per heavy atom. The molecule has 0 unspecified atom stereocenters. The molecule has 0 bridgehead atoms. The quantitative estimate of drug-likeness (QED) is 0.488. The second-order valence-electron chi connectivity index (χ2n) is 6.97. The third kappa shape index (κ3) is 5.32. The van der Waals surface area contributed by atoms with Crippen molar-refractivity contribution in [1.29, 1.82) is 0 Å². The van der Waals surface area contributed by atoms with Crippen LogP contribution in [0.2, 0.25) is 0 Å². The summed E-state index contributed by atoms with van der Waals surface area (Å²) in [6.07, 6.45) is 0. The van der Waals surface area contributed by atoms with E-state index in [4.69, 9.17) is 24.4 Å². The molecule has 172 valence electrons. The number of thiocarbonyl (C=S) groups is 2. The van der Waals surface area contributed by atoms with E-state index in [0.29, 0.717) is 31.5 Å². The predicted molar refractivity (Wildman–Crippen MR) is 139 cm³/mol. The third-order valence-electron chi connectivity index (χ3n) is 4.89. The SMILES string of the molecule is O=C1CSC(=S)N1CNc1ccc(S(=O)(=O)c2ccc(NCN3C(=O)CSC3=S)cc2)cc1. The molecule has 0 atom stereocenters. The Bertz CT molecular complexity index is 1090. The van der Waals surface area contributed by atoms with E-state index in [-0.39, 0.29) is 34.9 Å². The lowest BCUT2D eigenvalue weighted by Gasteiger charge is -2.17. The van der Waals surface area contributed by atoms with Crippen molar-refractivity contribution in [3.8, 4) is 0 Å². The second-order valence-corrected chi connectivity index (χ2v) is 12.1. The largest absolute Gasteiger partial charge is 0.367 e. The number of nitrogens with one attached hydrogen (secondary N) is 2. The number of hydrogen-bond acceptors (Lipinski definition) is 10. The molecule has 2 aliphatic rings. The molecule has 2 aliphatic heterocycles. The fourth-order valence-corrected chi connectivity index (χ4v) is 6.45. The van der Waals surface area contributed by atoms with Crippen LogP contribution in [0.25, 0.3) is 0 Å². The van der Waals surface area contributed by atoms with Crippen molar-refractivity contribution >= 4 is 89.6 Å². The number of anilines is 2. The second kappa shape index (κ2) is 9.97. The first-order chi connectivity index (χ1) is 15.8. The van der Waals surface area contributed by atoms with E-state index in [2.05, 4.69) is 10.6 Å². The number of benzene rings is 2. The lowest BCUT2D eigenvalue weighted by Crippen LogP contribution is -2.33. The topological polar surface area (TPSA) is 98.8 Å². The van der Waals surface area contributed by atoms with Crippen molar-refractivity contribution in [3.63, 3.8) is 0 Å². The summed E-state index contributed by atoms with van der Waals surface area (Å²) >= 11 is 12.9. The summed E-state index contributed by atoms with van der Waals surface area (Å²) in [4.78, 5) is 26.8. The number of nitrogens with zero attached hydrogens (tertiary/aromatic N) is 2. The summed E-state index contributed by atoms with van der Waals surface area (Å²) in [7, 11) is -3.70. The number of carbonyl (C=O) groups is 2. The third-order valence-corrected chi connectivity index (χ3v) is 9.54. The van der Waals surface area contributed by atoms with Gasteiger partial charge in [0.15, 0.2) is 0 Å². The summed E-state index contributed by atoms with van der Waals surface area (Å²) in [5, 5.41) is 6.16. The lowest BCUT2D eigenvalue weighted by atomic mass is 10.3. The minimum atomic E-state index is -3.70. The fourth-order valence-electron chi connectivity index (χ4n) is 3.05. The fraction of sp³-hybridized carbons (Fsp3) is 0.200. The number of thioether (sulfide) groups is 2. The molecule has 2 saturated heterocycles. The zero-order chi connectivity index (χ0) is 23.6. The Morgan fingerprint density at radius 3 is 1.39 bits per heavy atom. The molecule has 2 fully saturated rings. The number of hydrogen-bond donors (Lipinski definition) is 2.